The molecule has 4 nitrogen and oxygen atoms in total. The number of carbonyl (C=O) groups excluding carboxylic acids is 1. The molecule has 1 atom stereocenters. The Balaban J connectivity index is 1.81. The van der Waals surface area contributed by atoms with Crippen LogP contribution in [-0.2, 0) is 16.0 Å². The van der Waals surface area contributed by atoms with Crippen LogP contribution in [-0.4, -0.2) is 25.7 Å². The van der Waals surface area contributed by atoms with Crippen LogP contribution in [0.3, 0.4) is 0 Å². The Hall–Kier alpha value is -3.27. The summed E-state index contributed by atoms with van der Waals surface area (Å²) in [5.74, 6) is -0.202. The highest BCUT2D eigenvalue weighted by atomic mass is 16.6. The fraction of sp³-hybridized carbons (Fsp3) is 0.296. The summed E-state index contributed by atoms with van der Waals surface area (Å²) < 4.78 is 5.54. The predicted octanol–water partition coefficient (Wildman–Crippen LogP) is 5.82. The molecule has 0 bridgehead atoms. The van der Waals surface area contributed by atoms with E-state index in [2.05, 4.69) is 71.9 Å². The standard InChI is InChI=1S/C27H30N2O2/c1-27(2,3)31-25(30)16-18-11-13-21-22-14-12-20(28-4)17-24(22)29(5)26(23(21)15-18)19-9-7-6-8-10-19/h6-15,17,26,28H,16H2,1-5H3. The monoisotopic (exact) mass is 414 g/mol. The Morgan fingerprint density at radius 1 is 1.00 bits per heavy atom. The van der Waals surface area contributed by atoms with E-state index < -0.39 is 5.60 Å². The maximum Gasteiger partial charge on any atom is 0.310 e. The molecule has 4 heteroatoms. The van der Waals surface area contributed by atoms with Gasteiger partial charge in [0.2, 0.25) is 0 Å². The molecule has 3 aromatic carbocycles. The number of ether oxygens (including phenoxy) is 1. The van der Waals surface area contributed by atoms with Gasteiger partial charge >= 0.3 is 5.97 Å². The summed E-state index contributed by atoms with van der Waals surface area (Å²) in [5, 5.41) is 3.25. The highest BCUT2D eigenvalue weighted by Gasteiger charge is 2.30. The van der Waals surface area contributed by atoms with Crippen molar-refractivity contribution in [2.24, 2.45) is 0 Å². The molecule has 160 valence electrons. The molecular weight excluding hydrogens is 384 g/mol. The molecule has 3 aromatic rings. The molecule has 0 spiro atoms. The van der Waals surface area contributed by atoms with Crippen molar-refractivity contribution < 1.29 is 9.53 Å². The third kappa shape index (κ3) is 4.29. The fourth-order valence-electron chi connectivity index (χ4n) is 4.33. The first kappa shape index (κ1) is 21.0. The molecule has 31 heavy (non-hydrogen) atoms. The van der Waals surface area contributed by atoms with Gasteiger partial charge in [-0.05, 0) is 55.2 Å². The molecule has 0 aliphatic carbocycles. The zero-order valence-corrected chi connectivity index (χ0v) is 18.9. The molecule has 0 aromatic heterocycles. The molecule has 0 saturated carbocycles. The molecule has 0 amide bonds. The first-order chi connectivity index (χ1) is 14.8. The van der Waals surface area contributed by atoms with Crippen LogP contribution in [0.15, 0.2) is 66.7 Å². The van der Waals surface area contributed by atoms with Crippen molar-refractivity contribution >= 4 is 17.3 Å². The second-order valence-electron chi connectivity index (χ2n) is 9.09. The average molecular weight is 415 g/mol. The van der Waals surface area contributed by atoms with Gasteiger partial charge in [0.15, 0.2) is 0 Å². The summed E-state index contributed by atoms with van der Waals surface area (Å²) in [7, 11) is 4.08. The Labute approximate surface area is 184 Å². The van der Waals surface area contributed by atoms with E-state index in [0.29, 0.717) is 0 Å². The third-order valence-electron chi connectivity index (χ3n) is 5.64. The quantitative estimate of drug-likeness (QED) is 0.546. The number of fused-ring (bicyclic) bond motifs is 3. The average Bonchev–Trinajstić information content (AvgIpc) is 2.73. The van der Waals surface area contributed by atoms with Crippen molar-refractivity contribution in [2.45, 2.75) is 38.8 Å². The lowest BCUT2D eigenvalue weighted by Crippen LogP contribution is -2.29. The molecule has 0 radical (unpaired) electrons. The van der Waals surface area contributed by atoms with Gasteiger partial charge in [0.25, 0.3) is 0 Å². The lowest BCUT2D eigenvalue weighted by molar-refractivity contribution is -0.153. The van der Waals surface area contributed by atoms with Crippen molar-refractivity contribution in [1.29, 1.82) is 0 Å². The number of esters is 1. The second kappa shape index (κ2) is 8.10. The van der Waals surface area contributed by atoms with Crippen LogP contribution in [0.2, 0.25) is 0 Å². The minimum Gasteiger partial charge on any atom is -0.460 e. The topological polar surface area (TPSA) is 41.6 Å². The first-order valence-electron chi connectivity index (χ1n) is 10.7. The van der Waals surface area contributed by atoms with E-state index in [1.807, 2.05) is 40.0 Å². The van der Waals surface area contributed by atoms with Gasteiger partial charge in [-0.25, -0.2) is 0 Å². The minimum atomic E-state index is -0.484. The van der Waals surface area contributed by atoms with Gasteiger partial charge in [-0.15, -0.1) is 0 Å². The minimum absolute atomic E-state index is 0.0643. The van der Waals surface area contributed by atoms with E-state index in [9.17, 15) is 4.79 Å². The van der Waals surface area contributed by atoms with Crippen LogP contribution < -0.4 is 10.2 Å². The zero-order chi connectivity index (χ0) is 22.2. The summed E-state index contributed by atoms with van der Waals surface area (Å²) in [6.45, 7) is 5.69. The molecule has 1 unspecified atom stereocenters. The summed E-state index contributed by atoms with van der Waals surface area (Å²) in [5.41, 5.74) is 7.60. The zero-order valence-electron chi connectivity index (χ0n) is 18.9. The highest BCUT2D eigenvalue weighted by molar-refractivity contribution is 5.88. The number of benzene rings is 3. The van der Waals surface area contributed by atoms with Crippen LogP contribution >= 0.6 is 0 Å². The van der Waals surface area contributed by atoms with E-state index in [0.717, 1.165) is 11.3 Å². The summed E-state index contributed by atoms with van der Waals surface area (Å²) >= 11 is 0. The lowest BCUT2D eigenvalue weighted by Gasteiger charge is -2.38. The van der Waals surface area contributed by atoms with E-state index in [-0.39, 0.29) is 18.4 Å². The Kier molecular flexibility index (Phi) is 5.48. The van der Waals surface area contributed by atoms with E-state index in [1.54, 1.807) is 0 Å². The van der Waals surface area contributed by atoms with Crippen molar-refractivity contribution in [3.8, 4) is 11.1 Å². The smallest absolute Gasteiger partial charge is 0.310 e. The number of hydrogen-bond donors (Lipinski definition) is 1. The molecule has 1 N–H and O–H groups in total. The summed E-state index contributed by atoms with van der Waals surface area (Å²) in [6.07, 6.45) is 0.265. The molecule has 1 aliphatic rings. The van der Waals surface area contributed by atoms with Crippen LogP contribution in [0.4, 0.5) is 11.4 Å². The summed E-state index contributed by atoms with van der Waals surface area (Å²) in [4.78, 5) is 14.8. The fourth-order valence-corrected chi connectivity index (χ4v) is 4.33. The van der Waals surface area contributed by atoms with Crippen LogP contribution in [0.25, 0.3) is 11.1 Å². The number of hydrogen-bond acceptors (Lipinski definition) is 4. The van der Waals surface area contributed by atoms with Gasteiger partial charge in [-0.1, -0.05) is 54.6 Å². The van der Waals surface area contributed by atoms with Gasteiger partial charge in [-0.3, -0.25) is 4.79 Å². The maximum absolute atomic E-state index is 12.4. The van der Waals surface area contributed by atoms with Gasteiger partial charge in [0, 0.05) is 31.0 Å². The lowest BCUT2D eigenvalue weighted by atomic mass is 9.84. The van der Waals surface area contributed by atoms with E-state index in [1.165, 1.54) is 27.9 Å². The highest BCUT2D eigenvalue weighted by Crippen LogP contribution is 2.47. The number of rotatable bonds is 4. The van der Waals surface area contributed by atoms with E-state index in [4.69, 9.17) is 4.74 Å². The molecular formula is C27H30N2O2. The molecule has 1 heterocycles. The normalized spacial score (nSPS) is 15.1. The predicted molar refractivity (Wildman–Crippen MR) is 128 cm³/mol. The van der Waals surface area contributed by atoms with Crippen molar-refractivity contribution in [2.75, 3.05) is 24.3 Å². The number of nitrogens with zero attached hydrogens (tertiary/aromatic N) is 1. The molecule has 4 rings (SSSR count). The number of nitrogens with one attached hydrogen (secondary N) is 1. The third-order valence-corrected chi connectivity index (χ3v) is 5.64. The first-order valence-corrected chi connectivity index (χ1v) is 10.7. The van der Waals surface area contributed by atoms with Crippen LogP contribution in [0.1, 0.15) is 43.5 Å². The van der Waals surface area contributed by atoms with Crippen LogP contribution in [0.5, 0.6) is 0 Å². The largest absolute Gasteiger partial charge is 0.460 e. The summed E-state index contributed by atoms with van der Waals surface area (Å²) in [6, 6.07) is 23.4. The second-order valence-corrected chi connectivity index (χ2v) is 9.09. The van der Waals surface area contributed by atoms with Crippen LogP contribution in [0, 0.1) is 0 Å². The Morgan fingerprint density at radius 3 is 2.39 bits per heavy atom. The van der Waals surface area contributed by atoms with E-state index >= 15 is 0 Å². The van der Waals surface area contributed by atoms with Crippen molar-refractivity contribution in [3.63, 3.8) is 0 Å². The van der Waals surface area contributed by atoms with Crippen molar-refractivity contribution in [1.82, 2.24) is 0 Å². The number of carbonyl (C=O) groups is 1. The Morgan fingerprint density at radius 2 is 1.71 bits per heavy atom. The molecule has 0 saturated heterocycles. The van der Waals surface area contributed by atoms with Gasteiger partial charge in [-0.2, -0.15) is 0 Å². The van der Waals surface area contributed by atoms with Gasteiger partial charge in [0.1, 0.15) is 5.60 Å². The number of anilines is 2. The van der Waals surface area contributed by atoms with Gasteiger partial charge < -0.3 is 15.0 Å². The molecule has 1 aliphatic heterocycles. The van der Waals surface area contributed by atoms with Crippen molar-refractivity contribution in [3.05, 3.63) is 83.4 Å². The SMILES string of the molecule is CNc1ccc2c(c1)N(C)C(c1ccccc1)c1cc(CC(=O)OC(C)(C)C)ccc1-2. The molecule has 0 fully saturated rings. The maximum atomic E-state index is 12.4. The Bertz CT molecular complexity index is 1100. The van der Waals surface area contributed by atoms with Gasteiger partial charge in [0.05, 0.1) is 12.5 Å².